The van der Waals surface area contributed by atoms with Crippen LogP contribution in [0.1, 0.15) is 60.8 Å². The average Bonchev–Trinajstić information content (AvgIpc) is 2.57. The molecular formula is C15H26BFO4. The number of carbonyl (C=O) groups is 1. The second kappa shape index (κ2) is 6.49. The van der Waals surface area contributed by atoms with Gasteiger partial charge in [-0.2, -0.15) is 0 Å². The predicted octanol–water partition coefficient (Wildman–Crippen LogP) is 3.75. The van der Waals surface area contributed by atoms with Crippen molar-refractivity contribution in [3.05, 3.63) is 11.3 Å². The molecule has 0 aliphatic carbocycles. The summed E-state index contributed by atoms with van der Waals surface area (Å²) in [4.78, 5) is 11.0. The summed E-state index contributed by atoms with van der Waals surface area (Å²) in [5.41, 5.74) is -1.10. The number of hydrogen-bond acceptors (Lipinski definition) is 3. The van der Waals surface area contributed by atoms with E-state index in [4.69, 9.17) is 14.4 Å². The first-order valence-electron chi connectivity index (χ1n) is 7.45. The summed E-state index contributed by atoms with van der Waals surface area (Å²) in [6, 6.07) is 0. The van der Waals surface area contributed by atoms with E-state index in [1.165, 1.54) is 0 Å². The number of allylic oxidation sites excluding steroid dienone is 1. The molecule has 4 nitrogen and oxygen atoms in total. The highest BCUT2D eigenvalue weighted by Crippen LogP contribution is 2.39. The van der Waals surface area contributed by atoms with E-state index in [9.17, 15) is 9.18 Å². The topological polar surface area (TPSA) is 55.8 Å². The predicted molar refractivity (Wildman–Crippen MR) is 80.5 cm³/mol. The summed E-state index contributed by atoms with van der Waals surface area (Å²) in [5.74, 6) is -1.27. The highest BCUT2D eigenvalue weighted by molar-refractivity contribution is 6.53. The van der Waals surface area contributed by atoms with Crippen LogP contribution in [0.5, 0.6) is 0 Å². The smallest absolute Gasteiger partial charge is 0.481 e. The zero-order chi connectivity index (χ0) is 16.4. The lowest BCUT2D eigenvalue weighted by Crippen LogP contribution is -2.41. The Labute approximate surface area is 126 Å². The van der Waals surface area contributed by atoms with Gasteiger partial charge in [-0.05, 0) is 59.5 Å². The fourth-order valence-corrected chi connectivity index (χ4v) is 2.16. The molecule has 0 aromatic heterocycles. The minimum Gasteiger partial charge on any atom is -0.481 e. The van der Waals surface area contributed by atoms with Gasteiger partial charge in [0.15, 0.2) is 0 Å². The van der Waals surface area contributed by atoms with E-state index in [0.29, 0.717) is 24.8 Å². The number of rotatable bonds is 6. The van der Waals surface area contributed by atoms with Crippen LogP contribution >= 0.6 is 0 Å². The van der Waals surface area contributed by atoms with Gasteiger partial charge in [-0.15, -0.1) is 0 Å². The first-order valence-corrected chi connectivity index (χ1v) is 7.45. The maximum Gasteiger partial charge on any atom is 0.525 e. The molecule has 1 aliphatic heterocycles. The zero-order valence-corrected chi connectivity index (χ0v) is 13.8. The minimum atomic E-state index is -1.00. The molecule has 1 aliphatic rings. The summed E-state index contributed by atoms with van der Waals surface area (Å²) in [6.07, 6.45) is 1.35. The fourth-order valence-electron chi connectivity index (χ4n) is 2.16. The molecular weight excluding hydrogens is 274 g/mol. The third-order valence-corrected chi connectivity index (χ3v) is 4.58. The molecule has 1 heterocycles. The molecule has 1 fully saturated rings. The van der Waals surface area contributed by atoms with Crippen molar-refractivity contribution in [2.45, 2.75) is 72.0 Å². The van der Waals surface area contributed by atoms with E-state index in [2.05, 4.69) is 0 Å². The van der Waals surface area contributed by atoms with Crippen LogP contribution in [0.2, 0.25) is 0 Å². The molecule has 0 saturated carbocycles. The first-order chi connectivity index (χ1) is 9.51. The molecule has 0 bridgehead atoms. The molecule has 1 saturated heterocycles. The Kier molecular flexibility index (Phi) is 5.61. The largest absolute Gasteiger partial charge is 0.525 e. The van der Waals surface area contributed by atoms with E-state index < -0.39 is 35.9 Å². The van der Waals surface area contributed by atoms with Gasteiger partial charge in [-0.1, -0.05) is 6.92 Å². The number of halogens is 1. The van der Waals surface area contributed by atoms with Crippen LogP contribution < -0.4 is 0 Å². The van der Waals surface area contributed by atoms with Crippen molar-refractivity contribution < 1.29 is 23.6 Å². The van der Waals surface area contributed by atoms with E-state index in [-0.39, 0.29) is 0 Å². The Morgan fingerprint density at radius 2 is 1.71 bits per heavy atom. The van der Waals surface area contributed by atoms with Gasteiger partial charge in [-0.3, -0.25) is 4.79 Å². The highest BCUT2D eigenvalue weighted by atomic mass is 19.1. The molecule has 21 heavy (non-hydrogen) atoms. The third-order valence-electron chi connectivity index (χ3n) is 4.58. The Hall–Kier alpha value is -0.875. The van der Waals surface area contributed by atoms with Crippen LogP contribution in [0.25, 0.3) is 0 Å². The van der Waals surface area contributed by atoms with Gasteiger partial charge in [0.2, 0.25) is 0 Å². The fraction of sp³-hybridized carbons (Fsp3) is 0.800. The van der Waals surface area contributed by atoms with Crippen molar-refractivity contribution in [2.75, 3.05) is 0 Å². The molecule has 6 heteroatoms. The van der Waals surface area contributed by atoms with Gasteiger partial charge in [0, 0.05) is 0 Å². The first kappa shape index (κ1) is 18.2. The van der Waals surface area contributed by atoms with Crippen LogP contribution in [0.4, 0.5) is 4.39 Å². The van der Waals surface area contributed by atoms with Crippen molar-refractivity contribution in [3.8, 4) is 0 Å². The summed E-state index contributed by atoms with van der Waals surface area (Å²) in [6.45, 7) is 11.0. The maximum absolute atomic E-state index is 14.4. The Bertz CT molecular complexity index is 415. The minimum absolute atomic E-state index is 0.390. The Balaban J connectivity index is 2.73. The van der Waals surface area contributed by atoms with E-state index in [0.717, 1.165) is 0 Å². The van der Waals surface area contributed by atoms with Crippen LogP contribution in [0.3, 0.4) is 0 Å². The molecule has 0 radical (unpaired) electrons. The van der Waals surface area contributed by atoms with Crippen LogP contribution in [-0.2, 0) is 14.1 Å². The van der Waals surface area contributed by atoms with Gasteiger partial charge in [0.25, 0.3) is 0 Å². The number of carboxylic acid groups (broad SMARTS) is 1. The van der Waals surface area contributed by atoms with Crippen molar-refractivity contribution in [2.24, 2.45) is 5.92 Å². The van der Waals surface area contributed by atoms with Crippen molar-refractivity contribution in [3.63, 3.8) is 0 Å². The van der Waals surface area contributed by atoms with Gasteiger partial charge in [0.05, 0.1) is 17.1 Å². The molecule has 120 valence electrons. The van der Waals surface area contributed by atoms with E-state index in [1.807, 2.05) is 34.6 Å². The maximum atomic E-state index is 14.4. The zero-order valence-electron chi connectivity index (χ0n) is 13.8. The molecule has 1 atom stereocenters. The molecule has 1 rings (SSSR count). The van der Waals surface area contributed by atoms with Crippen LogP contribution in [0.15, 0.2) is 11.3 Å². The highest BCUT2D eigenvalue weighted by Gasteiger charge is 2.53. The van der Waals surface area contributed by atoms with Crippen molar-refractivity contribution >= 4 is 13.1 Å². The summed E-state index contributed by atoms with van der Waals surface area (Å²) in [7, 11) is -1.00. The average molecular weight is 300 g/mol. The van der Waals surface area contributed by atoms with Gasteiger partial charge in [-0.25, -0.2) is 4.39 Å². The molecule has 0 amide bonds. The number of aliphatic carboxylic acids is 1. The van der Waals surface area contributed by atoms with Crippen molar-refractivity contribution in [1.82, 2.24) is 0 Å². The number of carboxylic acids is 1. The second-order valence-electron chi connectivity index (χ2n) is 6.70. The third kappa shape index (κ3) is 4.07. The molecule has 0 aromatic rings. The Morgan fingerprint density at radius 1 is 1.24 bits per heavy atom. The van der Waals surface area contributed by atoms with Gasteiger partial charge < -0.3 is 14.4 Å². The lowest BCUT2D eigenvalue weighted by Gasteiger charge is -2.32. The van der Waals surface area contributed by atoms with Gasteiger partial charge in [0.1, 0.15) is 5.73 Å². The molecule has 0 aromatic carbocycles. The Morgan fingerprint density at radius 3 is 2.10 bits per heavy atom. The quantitative estimate of drug-likeness (QED) is 0.759. The van der Waals surface area contributed by atoms with Crippen molar-refractivity contribution in [1.29, 1.82) is 0 Å². The lowest BCUT2D eigenvalue weighted by molar-refractivity contribution is -0.142. The molecule has 1 unspecified atom stereocenters. The molecule has 0 spiro atoms. The monoisotopic (exact) mass is 300 g/mol. The van der Waals surface area contributed by atoms with Gasteiger partial charge >= 0.3 is 13.1 Å². The summed E-state index contributed by atoms with van der Waals surface area (Å²) < 4.78 is 25.7. The second-order valence-corrected chi connectivity index (χ2v) is 6.70. The van der Waals surface area contributed by atoms with Crippen LogP contribution in [0, 0.1) is 5.92 Å². The molecule has 1 N–H and O–H groups in total. The van der Waals surface area contributed by atoms with Crippen LogP contribution in [-0.4, -0.2) is 29.4 Å². The normalized spacial score (nSPS) is 22.9. The number of hydrogen-bond donors (Lipinski definition) is 1. The SMILES string of the molecule is CCC(CCC(C)=C(F)B1OC(C)(C)C(C)(C)O1)C(=O)O. The van der Waals surface area contributed by atoms with E-state index in [1.54, 1.807) is 6.92 Å². The summed E-state index contributed by atoms with van der Waals surface area (Å²) in [5, 5.41) is 9.01. The summed E-state index contributed by atoms with van der Waals surface area (Å²) >= 11 is 0. The van der Waals surface area contributed by atoms with E-state index >= 15 is 0 Å². The standard InChI is InChI=1S/C15H26BFO4/c1-7-11(13(18)19)9-8-10(2)12(17)16-20-14(3,4)15(5,6)21-16/h11H,7-9H2,1-6H3,(H,18,19). The lowest BCUT2D eigenvalue weighted by atomic mass is 9.83.